The molecule has 0 amide bonds. The van der Waals surface area contributed by atoms with Gasteiger partial charge in [0, 0.05) is 0 Å². The van der Waals surface area contributed by atoms with Crippen molar-refractivity contribution in [2.24, 2.45) is 0 Å². The molecule has 2 aromatic carbocycles. The number of carboxylic acid groups (broad SMARTS) is 2. The number of alkyl halides is 4. The Morgan fingerprint density at radius 1 is 0.654 bits per heavy atom. The molecular weight excluding hydrogens is 364 g/mol. The van der Waals surface area contributed by atoms with E-state index in [2.05, 4.69) is 9.47 Å². The second-order valence-electron chi connectivity index (χ2n) is 4.90. The Morgan fingerprint density at radius 3 is 1.15 bits per heavy atom. The summed E-state index contributed by atoms with van der Waals surface area (Å²) in [6.07, 6.45) is -10.2. The zero-order valence-corrected chi connectivity index (χ0v) is 12.7. The van der Waals surface area contributed by atoms with Crippen LogP contribution in [-0.4, -0.2) is 34.4 Å². The highest BCUT2D eigenvalue weighted by molar-refractivity contribution is 5.88. The van der Waals surface area contributed by atoms with Crippen LogP contribution in [0, 0.1) is 0 Å². The lowest BCUT2D eigenvalue weighted by Gasteiger charge is -2.26. The minimum Gasteiger partial charge on any atom is -0.478 e. The van der Waals surface area contributed by atoms with Crippen LogP contribution in [0.3, 0.4) is 0 Å². The van der Waals surface area contributed by atoms with Crippen molar-refractivity contribution in [1.82, 2.24) is 0 Å². The van der Waals surface area contributed by atoms with Gasteiger partial charge in [0.2, 0.25) is 0 Å². The molecule has 0 aliphatic carbocycles. The molecule has 26 heavy (non-hydrogen) atoms. The zero-order chi connectivity index (χ0) is 19.5. The van der Waals surface area contributed by atoms with Gasteiger partial charge in [-0.1, -0.05) is 0 Å². The lowest BCUT2D eigenvalue weighted by Crippen LogP contribution is -2.49. The molecule has 0 saturated heterocycles. The van der Waals surface area contributed by atoms with E-state index in [0.29, 0.717) is 0 Å². The Morgan fingerprint density at radius 2 is 0.923 bits per heavy atom. The molecule has 0 saturated carbocycles. The molecule has 0 radical (unpaired) electrons. The van der Waals surface area contributed by atoms with Crippen LogP contribution in [0.25, 0.3) is 0 Å². The molecule has 0 atom stereocenters. The third-order valence-corrected chi connectivity index (χ3v) is 3.03. The molecule has 0 bridgehead atoms. The maximum atomic E-state index is 13.7. The maximum Gasteiger partial charge on any atom is 0.507 e. The molecule has 0 aliphatic rings. The molecule has 2 rings (SSSR count). The summed E-state index contributed by atoms with van der Waals surface area (Å²) in [6.45, 7) is 0. The van der Waals surface area contributed by atoms with Gasteiger partial charge in [0.1, 0.15) is 11.5 Å². The number of benzene rings is 2. The Bertz CT molecular complexity index is 733. The summed E-state index contributed by atoms with van der Waals surface area (Å²) in [5.74, 6) is -4.07. The third kappa shape index (κ3) is 4.21. The number of rotatable bonds is 7. The van der Waals surface area contributed by atoms with Crippen LogP contribution in [0.15, 0.2) is 48.5 Å². The van der Waals surface area contributed by atoms with Gasteiger partial charge in [0.25, 0.3) is 0 Å². The van der Waals surface area contributed by atoms with Crippen molar-refractivity contribution in [3.8, 4) is 11.5 Å². The fourth-order valence-electron chi connectivity index (χ4n) is 1.75. The second-order valence-corrected chi connectivity index (χ2v) is 4.90. The first kappa shape index (κ1) is 19.0. The number of carbonyl (C=O) groups is 2. The molecule has 6 nitrogen and oxygen atoms in total. The van der Waals surface area contributed by atoms with E-state index >= 15 is 0 Å². The normalized spacial score (nSPS) is 11.7. The average molecular weight is 374 g/mol. The van der Waals surface area contributed by atoms with Crippen LogP contribution in [-0.2, 0) is 0 Å². The first-order valence-corrected chi connectivity index (χ1v) is 6.82. The van der Waals surface area contributed by atoms with Crippen molar-refractivity contribution in [2.45, 2.75) is 12.2 Å². The Kier molecular flexibility index (Phi) is 5.05. The molecule has 0 fully saturated rings. The topological polar surface area (TPSA) is 93.1 Å². The van der Waals surface area contributed by atoms with E-state index in [9.17, 15) is 27.2 Å². The van der Waals surface area contributed by atoms with Crippen LogP contribution in [0.2, 0.25) is 0 Å². The van der Waals surface area contributed by atoms with Gasteiger partial charge in [-0.3, -0.25) is 0 Å². The van der Waals surface area contributed by atoms with Crippen molar-refractivity contribution in [2.75, 3.05) is 0 Å². The van der Waals surface area contributed by atoms with Crippen molar-refractivity contribution in [3.05, 3.63) is 59.7 Å². The van der Waals surface area contributed by atoms with E-state index < -0.39 is 35.7 Å². The van der Waals surface area contributed by atoms with E-state index in [4.69, 9.17) is 10.2 Å². The summed E-state index contributed by atoms with van der Waals surface area (Å²) in [5, 5.41) is 17.4. The number of hydrogen-bond acceptors (Lipinski definition) is 4. The van der Waals surface area contributed by atoms with Gasteiger partial charge in [-0.15, -0.1) is 0 Å². The first-order valence-electron chi connectivity index (χ1n) is 6.82. The number of hydrogen-bond donors (Lipinski definition) is 2. The summed E-state index contributed by atoms with van der Waals surface area (Å²) in [5.41, 5.74) is -0.496. The SMILES string of the molecule is O=C(O)c1ccc(OC(F)(F)C(F)(F)Oc2ccc(C(=O)O)cc2)cc1. The Balaban J connectivity index is 2.14. The molecule has 0 aromatic heterocycles. The highest BCUT2D eigenvalue weighted by Gasteiger charge is 2.63. The van der Waals surface area contributed by atoms with Gasteiger partial charge in [-0.05, 0) is 48.5 Å². The van der Waals surface area contributed by atoms with Gasteiger partial charge in [-0.2, -0.15) is 17.6 Å². The molecule has 138 valence electrons. The lowest BCUT2D eigenvalue weighted by atomic mass is 10.2. The average Bonchev–Trinajstić information content (AvgIpc) is 2.55. The number of ether oxygens (including phenoxy) is 2. The Labute approximate surface area is 143 Å². The van der Waals surface area contributed by atoms with Gasteiger partial charge < -0.3 is 19.7 Å². The highest BCUT2D eigenvalue weighted by Crippen LogP contribution is 2.38. The summed E-state index contributed by atoms with van der Waals surface area (Å²) in [6, 6.07) is 6.75. The standard InChI is InChI=1S/C16H10F4O6/c17-15(18,25-11-5-1-9(2-6-11)13(21)22)16(19,20)26-12-7-3-10(4-8-12)14(23)24/h1-8H,(H,21,22)(H,23,24). The quantitative estimate of drug-likeness (QED) is 0.718. The summed E-state index contributed by atoms with van der Waals surface area (Å²) < 4.78 is 62.8. The smallest absolute Gasteiger partial charge is 0.478 e. The summed E-state index contributed by atoms with van der Waals surface area (Å²) >= 11 is 0. The Hall–Kier alpha value is -3.30. The van der Waals surface area contributed by atoms with E-state index in [-0.39, 0.29) is 11.1 Å². The van der Waals surface area contributed by atoms with Crippen molar-refractivity contribution < 1.29 is 46.8 Å². The summed E-state index contributed by atoms with van der Waals surface area (Å²) in [7, 11) is 0. The van der Waals surface area contributed by atoms with Crippen molar-refractivity contribution >= 4 is 11.9 Å². The molecule has 10 heteroatoms. The fraction of sp³-hybridized carbons (Fsp3) is 0.125. The van der Waals surface area contributed by atoms with Crippen LogP contribution < -0.4 is 9.47 Å². The van der Waals surface area contributed by atoms with Gasteiger partial charge in [-0.25, -0.2) is 9.59 Å². The first-order chi connectivity index (χ1) is 12.0. The molecule has 2 N–H and O–H groups in total. The third-order valence-electron chi connectivity index (χ3n) is 3.03. The molecular formula is C16H10F4O6. The van der Waals surface area contributed by atoms with E-state index in [1.54, 1.807) is 0 Å². The van der Waals surface area contributed by atoms with Crippen LogP contribution in [0.4, 0.5) is 17.6 Å². The maximum absolute atomic E-state index is 13.7. The highest BCUT2D eigenvalue weighted by atomic mass is 19.3. The number of carboxylic acids is 2. The predicted octanol–water partition coefficient (Wildman–Crippen LogP) is 3.73. The molecule has 0 aliphatic heterocycles. The molecule has 2 aromatic rings. The summed E-state index contributed by atoms with van der Waals surface area (Å²) in [4.78, 5) is 21.3. The van der Waals surface area contributed by atoms with Gasteiger partial charge >= 0.3 is 24.2 Å². The predicted molar refractivity (Wildman–Crippen MR) is 78.0 cm³/mol. The second kappa shape index (κ2) is 6.90. The van der Waals surface area contributed by atoms with Crippen LogP contribution in [0.1, 0.15) is 20.7 Å². The monoisotopic (exact) mass is 374 g/mol. The van der Waals surface area contributed by atoms with Gasteiger partial charge in [0.05, 0.1) is 11.1 Å². The molecule has 0 heterocycles. The van der Waals surface area contributed by atoms with Gasteiger partial charge in [0.15, 0.2) is 0 Å². The fourth-order valence-corrected chi connectivity index (χ4v) is 1.75. The number of halogens is 4. The lowest BCUT2D eigenvalue weighted by molar-refractivity contribution is -0.379. The van der Waals surface area contributed by atoms with E-state index in [1.807, 2.05) is 0 Å². The minimum absolute atomic E-state index is 0.248. The largest absolute Gasteiger partial charge is 0.507 e. The number of aromatic carboxylic acids is 2. The van der Waals surface area contributed by atoms with E-state index in [1.165, 1.54) is 0 Å². The van der Waals surface area contributed by atoms with E-state index in [0.717, 1.165) is 48.5 Å². The van der Waals surface area contributed by atoms with Crippen LogP contribution in [0.5, 0.6) is 11.5 Å². The molecule has 0 spiro atoms. The van der Waals surface area contributed by atoms with Crippen molar-refractivity contribution in [3.63, 3.8) is 0 Å². The molecule has 0 unspecified atom stereocenters. The minimum atomic E-state index is -5.09. The van der Waals surface area contributed by atoms with Crippen molar-refractivity contribution in [1.29, 1.82) is 0 Å². The zero-order valence-electron chi connectivity index (χ0n) is 12.7. The van der Waals surface area contributed by atoms with Crippen LogP contribution >= 0.6 is 0 Å².